The Labute approximate surface area is 266 Å². The van der Waals surface area contributed by atoms with E-state index in [4.69, 9.17) is 14.2 Å². The Bertz CT molecular complexity index is 1610. The van der Waals surface area contributed by atoms with Crippen molar-refractivity contribution in [3.05, 3.63) is 124 Å². The Morgan fingerprint density at radius 1 is 0.800 bits per heavy atom. The molecule has 0 spiro atoms. The lowest BCUT2D eigenvalue weighted by atomic mass is 9.84. The van der Waals surface area contributed by atoms with Gasteiger partial charge in [-0.1, -0.05) is 107 Å². The molecule has 0 radical (unpaired) electrons. The molecule has 0 bridgehead atoms. The molecule has 0 saturated heterocycles. The number of ether oxygens (including phenoxy) is 3. The average Bonchev–Trinajstić information content (AvgIpc) is 3.06. The zero-order valence-corrected chi connectivity index (χ0v) is 26.9. The van der Waals surface area contributed by atoms with Gasteiger partial charge in [0.15, 0.2) is 11.5 Å². The van der Waals surface area contributed by atoms with Gasteiger partial charge < -0.3 is 19.5 Å². The lowest BCUT2D eigenvalue weighted by Gasteiger charge is -2.42. The highest BCUT2D eigenvalue weighted by Gasteiger charge is 2.44. The molecule has 45 heavy (non-hydrogen) atoms. The van der Waals surface area contributed by atoms with Crippen molar-refractivity contribution in [1.82, 2.24) is 4.90 Å². The summed E-state index contributed by atoms with van der Waals surface area (Å²) in [5, 5.41) is 3.28. The number of nitrogens with zero attached hydrogens (tertiary/aromatic N) is 1. The minimum Gasteiger partial charge on any atom is -0.493 e. The summed E-state index contributed by atoms with van der Waals surface area (Å²) in [6.45, 7) is 8.54. The number of carbonyl (C=O) groups is 2. The number of methoxy groups -OCH3 is 2. The Balaban J connectivity index is 1.64. The largest absolute Gasteiger partial charge is 0.493 e. The lowest BCUT2D eigenvalue weighted by Crippen LogP contribution is -2.53. The van der Waals surface area contributed by atoms with Crippen LogP contribution in [0.3, 0.4) is 0 Å². The van der Waals surface area contributed by atoms with Gasteiger partial charge in [-0.05, 0) is 57.3 Å². The summed E-state index contributed by atoms with van der Waals surface area (Å²) in [7, 11) is 3.18. The predicted octanol–water partition coefficient (Wildman–Crippen LogP) is 8.24. The molecule has 234 valence electrons. The molecule has 0 fully saturated rings. The van der Waals surface area contributed by atoms with E-state index in [0.717, 1.165) is 39.1 Å². The number of para-hydroxylation sites is 1. The number of hydrogen-bond acceptors (Lipinski definition) is 5. The lowest BCUT2D eigenvalue weighted by molar-refractivity contribution is -0.121. The number of hydrogen-bond donors (Lipinski definition) is 1. The van der Waals surface area contributed by atoms with E-state index in [1.54, 1.807) is 19.1 Å². The highest BCUT2D eigenvalue weighted by molar-refractivity contribution is 5.98. The molecule has 0 aromatic heterocycles. The number of rotatable bonds is 9. The summed E-state index contributed by atoms with van der Waals surface area (Å²) >= 11 is 0. The first kappa shape index (κ1) is 31.6. The molecule has 1 aliphatic heterocycles. The highest BCUT2D eigenvalue weighted by Crippen LogP contribution is 2.44. The van der Waals surface area contributed by atoms with Crippen molar-refractivity contribution in [3.63, 3.8) is 0 Å². The number of fused-ring (bicyclic) bond motifs is 1. The van der Waals surface area contributed by atoms with Gasteiger partial charge >= 0.3 is 6.09 Å². The molecule has 2 amide bonds. The quantitative estimate of drug-likeness (QED) is 0.208. The Hall–Kier alpha value is -4.78. The molecular weight excluding hydrogens is 564 g/mol. The molecule has 2 atom stereocenters. The summed E-state index contributed by atoms with van der Waals surface area (Å²) in [5.74, 6) is 1.21. The first-order chi connectivity index (χ1) is 21.7. The van der Waals surface area contributed by atoms with Gasteiger partial charge in [-0.3, -0.25) is 9.69 Å². The van der Waals surface area contributed by atoms with E-state index in [0.29, 0.717) is 11.5 Å². The van der Waals surface area contributed by atoms with E-state index < -0.39 is 18.2 Å². The molecule has 4 aromatic rings. The van der Waals surface area contributed by atoms with E-state index in [9.17, 15) is 9.59 Å². The van der Waals surface area contributed by atoms with Crippen molar-refractivity contribution in [2.24, 2.45) is 0 Å². The number of benzene rings is 4. The van der Waals surface area contributed by atoms with Gasteiger partial charge in [0.25, 0.3) is 0 Å². The smallest absolute Gasteiger partial charge is 0.411 e. The Morgan fingerprint density at radius 2 is 1.38 bits per heavy atom. The second kappa shape index (κ2) is 13.9. The monoisotopic (exact) mass is 606 g/mol. The van der Waals surface area contributed by atoms with E-state index in [2.05, 4.69) is 45.1 Å². The van der Waals surface area contributed by atoms with E-state index >= 15 is 0 Å². The fraction of sp³-hybridized carbons (Fsp3) is 0.316. The maximum atomic E-state index is 14.6. The minimum atomic E-state index is -0.871. The first-order valence-electron chi connectivity index (χ1n) is 15.5. The maximum absolute atomic E-state index is 14.6. The summed E-state index contributed by atoms with van der Waals surface area (Å²) in [6.07, 6.45) is -0.305. The van der Waals surface area contributed by atoms with Crippen LogP contribution in [-0.2, 0) is 22.6 Å². The van der Waals surface area contributed by atoms with Crippen LogP contribution in [-0.4, -0.2) is 37.2 Å². The fourth-order valence-corrected chi connectivity index (χ4v) is 6.13. The second-order valence-electron chi connectivity index (χ2n) is 12.0. The molecule has 7 heteroatoms. The topological polar surface area (TPSA) is 77.1 Å². The van der Waals surface area contributed by atoms with Crippen LogP contribution < -0.4 is 14.8 Å². The minimum absolute atomic E-state index is 0.0818. The number of nitrogens with one attached hydrogen (secondary N) is 1. The van der Waals surface area contributed by atoms with Gasteiger partial charge in [0.05, 0.1) is 20.3 Å². The maximum Gasteiger partial charge on any atom is 0.411 e. The SMILES string of the molecule is COc1cc2c(cc1OC)[C@H](c1ccccc1)N(C(=O)OCc1ccccc1)[C@H](C(=O)Nc1c(C(C)C)cccc1C(C)C)C2. The van der Waals surface area contributed by atoms with Crippen LogP contribution in [0.25, 0.3) is 0 Å². The van der Waals surface area contributed by atoms with Gasteiger partial charge in [0.2, 0.25) is 5.91 Å². The van der Waals surface area contributed by atoms with Crippen molar-refractivity contribution in [2.45, 2.75) is 64.6 Å². The number of anilines is 1. The molecule has 0 saturated carbocycles. The Kier molecular flexibility index (Phi) is 9.77. The molecule has 7 nitrogen and oxygen atoms in total. The van der Waals surface area contributed by atoms with Crippen molar-refractivity contribution in [2.75, 3.05) is 19.5 Å². The molecule has 1 N–H and O–H groups in total. The van der Waals surface area contributed by atoms with Crippen LogP contribution >= 0.6 is 0 Å². The molecule has 0 aliphatic carbocycles. The van der Waals surface area contributed by atoms with Gasteiger partial charge in [-0.25, -0.2) is 4.79 Å². The van der Waals surface area contributed by atoms with Crippen molar-refractivity contribution in [3.8, 4) is 11.5 Å². The van der Waals surface area contributed by atoms with E-state index in [1.165, 1.54) is 0 Å². The Morgan fingerprint density at radius 3 is 1.96 bits per heavy atom. The third kappa shape index (κ3) is 6.68. The van der Waals surface area contributed by atoms with Gasteiger partial charge in [-0.2, -0.15) is 0 Å². The van der Waals surface area contributed by atoms with Gasteiger partial charge in [0, 0.05) is 12.1 Å². The summed E-state index contributed by atoms with van der Waals surface area (Å²) < 4.78 is 17.3. The summed E-state index contributed by atoms with van der Waals surface area (Å²) in [5.41, 5.74) is 6.37. The van der Waals surface area contributed by atoms with Crippen LogP contribution in [0.15, 0.2) is 91.0 Å². The molecular formula is C38H42N2O5. The van der Waals surface area contributed by atoms with Crippen molar-refractivity contribution in [1.29, 1.82) is 0 Å². The number of amides is 2. The standard InChI is InChI=1S/C38H42N2O5/c1-24(2)29-18-13-19-30(25(3)4)35(29)39-37(41)32-20-28-21-33(43-5)34(44-6)22-31(28)36(27-16-11-8-12-17-27)40(32)38(42)45-23-26-14-9-7-10-15-26/h7-19,21-22,24-25,32,36H,20,23H2,1-6H3,(H,39,41)/t32-,36-/m0/s1. The molecule has 4 aromatic carbocycles. The summed E-state index contributed by atoms with van der Waals surface area (Å²) in [6, 6.07) is 27.7. The zero-order valence-electron chi connectivity index (χ0n) is 26.9. The third-order valence-corrected chi connectivity index (χ3v) is 8.42. The van der Waals surface area contributed by atoms with Crippen LogP contribution in [0.5, 0.6) is 11.5 Å². The molecule has 5 rings (SSSR count). The van der Waals surface area contributed by atoms with Crippen molar-refractivity contribution >= 4 is 17.7 Å². The van der Waals surface area contributed by atoms with Crippen LogP contribution in [0.2, 0.25) is 0 Å². The molecule has 1 heterocycles. The van der Waals surface area contributed by atoms with Crippen LogP contribution in [0, 0.1) is 0 Å². The van der Waals surface area contributed by atoms with Crippen LogP contribution in [0.4, 0.5) is 10.5 Å². The highest BCUT2D eigenvalue weighted by atomic mass is 16.6. The van der Waals surface area contributed by atoms with Gasteiger partial charge in [-0.15, -0.1) is 0 Å². The molecule has 1 aliphatic rings. The zero-order chi connectivity index (χ0) is 32.1. The average molecular weight is 607 g/mol. The van der Waals surface area contributed by atoms with Gasteiger partial charge in [0.1, 0.15) is 12.6 Å². The van der Waals surface area contributed by atoms with E-state index in [1.807, 2.05) is 78.9 Å². The first-order valence-corrected chi connectivity index (χ1v) is 15.5. The normalized spacial score (nSPS) is 15.9. The molecule has 0 unspecified atom stereocenters. The number of carbonyl (C=O) groups excluding carboxylic acids is 2. The fourth-order valence-electron chi connectivity index (χ4n) is 6.13. The predicted molar refractivity (Wildman–Crippen MR) is 177 cm³/mol. The van der Waals surface area contributed by atoms with E-state index in [-0.39, 0.29) is 30.8 Å². The van der Waals surface area contributed by atoms with Crippen molar-refractivity contribution < 1.29 is 23.8 Å². The van der Waals surface area contributed by atoms with Crippen LogP contribution in [0.1, 0.15) is 79.0 Å². The summed E-state index contributed by atoms with van der Waals surface area (Å²) in [4.78, 5) is 30.4. The second-order valence-corrected chi connectivity index (χ2v) is 12.0. The third-order valence-electron chi connectivity index (χ3n) is 8.42.